The van der Waals surface area contributed by atoms with E-state index in [2.05, 4.69) is 124 Å². The highest BCUT2D eigenvalue weighted by Crippen LogP contribution is 2.46. The van der Waals surface area contributed by atoms with Gasteiger partial charge in [-0.1, -0.05) is 15.9 Å². The average Bonchev–Trinajstić information content (AvgIpc) is 2.36. The van der Waals surface area contributed by atoms with Gasteiger partial charge in [-0.15, -0.1) is 0 Å². The molecule has 2 aromatic rings. The third-order valence-electron chi connectivity index (χ3n) is 2.39. The van der Waals surface area contributed by atoms with Crippen LogP contribution in [0.5, 0.6) is 0 Å². The molecule has 0 N–H and O–H groups in total. The lowest BCUT2D eigenvalue weighted by molar-refractivity contribution is 1.45. The van der Waals surface area contributed by atoms with Gasteiger partial charge in [-0.25, -0.2) is 0 Å². The zero-order chi connectivity index (χ0) is 14.3. The van der Waals surface area contributed by atoms with Crippen molar-refractivity contribution in [2.24, 2.45) is 0 Å². The molecule has 0 aliphatic rings. The molecular formula is C12H3Br7. The lowest BCUT2D eigenvalue weighted by Crippen LogP contribution is -1.87. The zero-order valence-corrected chi connectivity index (χ0v) is 20.0. The van der Waals surface area contributed by atoms with Crippen molar-refractivity contribution in [3.05, 3.63) is 49.5 Å². The minimum atomic E-state index is 0.972. The maximum atomic E-state index is 3.64. The molecule has 0 nitrogen and oxygen atoms in total. The van der Waals surface area contributed by atoms with Gasteiger partial charge in [0.1, 0.15) is 0 Å². The first kappa shape index (κ1) is 17.2. The standard InChI is InChI=1S/C12H3Br7/c13-4-1-5(9(16)7(14)2-4)6-3-8(15)11(18)12(19)10(6)17/h1-3H. The Bertz CT molecular complexity index is 664. The Morgan fingerprint density at radius 2 is 1.00 bits per heavy atom. The Hall–Kier alpha value is 1.80. The molecule has 0 aromatic heterocycles. The third kappa shape index (κ3) is 3.59. The van der Waals surface area contributed by atoms with E-state index in [1.165, 1.54) is 0 Å². The van der Waals surface area contributed by atoms with Crippen LogP contribution < -0.4 is 0 Å². The molecule has 7 heteroatoms. The van der Waals surface area contributed by atoms with Crippen molar-refractivity contribution in [1.82, 2.24) is 0 Å². The number of benzene rings is 2. The fraction of sp³-hybridized carbons (Fsp3) is 0. The molecule has 0 atom stereocenters. The summed E-state index contributed by atoms with van der Waals surface area (Å²) >= 11 is 25.0. The van der Waals surface area contributed by atoms with E-state index < -0.39 is 0 Å². The molecule has 100 valence electrons. The minimum Gasteiger partial charge on any atom is -0.0508 e. The van der Waals surface area contributed by atoms with Gasteiger partial charge in [0.05, 0.1) is 0 Å². The number of halogens is 7. The zero-order valence-electron chi connectivity index (χ0n) is 8.88. The molecule has 0 saturated carbocycles. The number of hydrogen-bond donors (Lipinski definition) is 0. The summed E-state index contributed by atoms with van der Waals surface area (Å²) in [4.78, 5) is 0. The molecule has 0 unspecified atom stereocenters. The summed E-state index contributed by atoms with van der Waals surface area (Å²) in [6.07, 6.45) is 0. The topological polar surface area (TPSA) is 0 Å². The van der Waals surface area contributed by atoms with Crippen LogP contribution in [0.1, 0.15) is 0 Å². The fourth-order valence-electron chi connectivity index (χ4n) is 1.52. The van der Waals surface area contributed by atoms with E-state index in [4.69, 9.17) is 0 Å². The smallest absolute Gasteiger partial charge is 0.0477 e. The molecule has 0 aliphatic heterocycles. The molecule has 0 saturated heterocycles. The van der Waals surface area contributed by atoms with E-state index in [0.29, 0.717) is 0 Å². The van der Waals surface area contributed by atoms with E-state index in [9.17, 15) is 0 Å². The van der Waals surface area contributed by atoms with Crippen LogP contribution in [-0.2, 0) is 0 Å². The molecule has 0 aliphatic carbocycles. The molecule has 0 fully saturated rings. The maximum Gasteiger partial charge on any atom is 0.0477 e. The second kappa shape index (κ2) is 6.92. The van der Waals surface area contributed by atoms with Crippen LogP contribution in [0.3, 0.4) is 0 Å². The second-order valence-electron chi connectivity index (χ2n) is 3.60. The molecule has 0 bridgehead atoms. The third-order valence-corrected chi connectivity index (χ3v) is 9.52. The highest BCUT2D eigenvalue weighted by molar-refractivity contribution is 9.15. The monoisotopic (exact) mass is 699 g/mol. The van der Waals surface area contributed by atoms with Crippen molar-refractivity contribution in [1.29, 1.82) is 0 Å². The highest BCUT2D eigenvalue weighted by Gasteiger charge is 2.16. The summed E-state index contributed by atoms with van der Waals surface area (Å²) in [5, 5.41) is 0. The van der Waals surface area contributed by atoms with E-state index >= 15 is 0 Å². The first-order chi connectivity index (χ1) is 8.82. The first-order valence-corrected chi connectivity index (χ1v) is 10.4. The van der Waals surface area contributed by atoms with Crippen LogP contribution in [0.25, 0.3) is 11.1 Å². The van der Waals surface area contributed by atoms with Gasteiger partial charge in [0.25, 0.3) is 0 Å². The quantitative estimate of drug-likeness (QED) is 0.206. The van der Waals surface area contributed by atoms with Gasteiger partial charge in [-0.2, -0.15) is 0 Å². The van der Waals surface area contributed by atoms with Gasteiger partial charge in [0.2, 0.25) is 0 Å². The van der Waals surface area contributed by atoms with Crippen molar-refractivity contribution in [2.45, 2.75) is 0 Å². The Balaban J connectivity index is 2.80. The molecule has 0 heterocycles. The van der Waals surface area contributed by atoms with E-state index in [1.54, 1.807) is 0 Å². The van der Waals surface area contributed by atoms with Gasteiger partial charge < -0.3 is 0 Å². The van der Waals surface area contributed by atoms with Gasteiger partial charge in [0.15, 0.2) is 0 Å². The molecule has 2 rings (SSSR count). The van der Waals surface area contributed by atoms with Crippen LogP contribution in [-0.4, -0.2) is 0 Å². The van der Waals surface area contributed by atoms with Crippen LogP contribution >= 0.6 is 112 Å². The summed E-state index contributed by atoms with van der Waals surface area (Å²) in [7, 11) is 0. The molecule has 0 spiro atoms. The van der Waals surface area contributed by atoms with E-state index in [-0.39, 0.29) is 0 Å². The molecule has 0 amide bonds. The average molecular weight is 706 g/mol. The Labute approximate surface area is 170 Å². The van der Waals surface area contributed by atoms with Crippen LogP contribution in [0.2, 0.25) is 0 Å². The largest absolute Gasteiger partial charge is 0.0508 e. The number of rotatable bonds is 1. The predicted octanol–water partition coefficient (Wildman–Crippen LogP) is 8.69. The SMILES string of the molecule is Brc1cc(Br)c(Br)c(-c2cc(Br)c(Br)c(Br)c2Br)c1. The van der Waals surface area contributed by atoms with Crippen molar-refractivity contribution in [3.8, 4) is 11.1 Å². The van der Waals surface area contributed by atoms with Crippen molar-refractivity contribution >= 4 is 112 Å². The summed E-state index contributed by atoms with van der Waals surface area (Å²) in [6, 6.07) is 6.14. The predicted molar refractivity (Wildman–Crippen MR) is 106 cm³/mol. The number of hydrogen-bond acceptors (Lipinski definition) is 0. The molecule has 2 aromatic carbocycles. The van der Waals surface area contributed by atoms with E-state index in [1.807, 2.05) is 6.07 Å². The Morgan fingerprint density at radius 1 is 0.474 bits per heavy atom. The summed E-state index contributed by atoms with van der Waals surface area (Å²) in [5.41, 5.74) is 2.16. The first-order valence-electron chi connectivity index (χ1n) is 4.80. The second-order valence-corrected chi connectivity index (χ2v) is 9.39. The minimum absolute atomic E-state index is 0.972. The van der Waals surface area contributed by atoms with Crippen LogP contribution in [0.4, 0.5) is 0 Å². The van der Waals surface area contributed by atoms with Gasteiger partial charge >= 0.3 is 0 Å². The van der Waals surface area contributed by atoms with Crippen LogP contribution in [0, 0.1) is 0 Å². The maximum absolute atomic E-state index is 3.64. The Morgan fingerprint density at radius 3 is 1.63 bits per heavy atom. The van der Waals surface area contributed by atoms with Crippen molar-refractivity contribution < 1.29 is 0 Å². The summed E-state index contributed by atoms with van der Waals surface area (Å²) in [5.74, 6) is 0. The van der Waals surface area contributed by atoms with Gasteiger partial charge in [0, 0.05) is 31.3 Å². The fourth-order valence-corrected chi connectivity index (χ4v) is 5.41. The van der Waals surface area contributed by atoms with Crippen LogP contribution in [0.15, 0.2) is 49.5 Å². The normalized spacial score (nSPS) is 10.9. The summed E-state index contributed by atoms with van der Waals surface area (Å²) in [6.45, 7) is 0. The lowest BCUT2D eigenvalue weighted by Gasteiger charge is -2.13. The molecule has 0 radical (unpaired) electrons. The highest BCUT2D eigenvalue weighted by atomic mass is 79.9. The van der Waals surface area contributed by atoms with Crippen molar-refractivity contribution in [3.63, 3.8) is 0 Å². The Kier molecular flexibility index (Phi) is 6.25. The lowest BCUT2D eigenvalue weighted by atomic mass is 10.1. The van der Waals surface area contributed by atoms with Gasteiger partial charge in [-0.3, -0.25) is 0 Å². The molecule has 19 heavy (non-hydrogen) atoms. The molecular weight excluding hydrogens is 703 g/mol. The summed E-state index contributed by atoms with van der Waals surface area (Å²) < 4.78 is 6.96. The van der Waals surface area contributed by atoms with E-state index in [0.717, 1.165) is 42.4 Å². The van der Waals surface area contributed by atoms with Gasteiger partial charge in [-0.05, 0) is 125 Å². The van der Waals surface area contributed by atoms with Crippen molar-refractivity contribution in [2.75, 3.05) is 0 Å².